The van der Waals surface area contributed by atoms with Crippen molar-refractivity contribution in [1.29, 1.82) is 0 Å². The highest BCUT2D eigenvalue weighted by atomic mass is 16.5. The minimum absolute atomic E-state index is 0.00871. The molecule has 0 unspecified atom stereocenters. The molecule has 4 rings (SSSR count). The molecular formula is C15H19N3O4. The molecule has 4 atom stereocenters. The number of aromatic nitrogens is 1. The van der Waals surface area contributed by atoms with E-state index in [1.54, 1.807) is 0 Å². The van der Waals surface area contributed by atoms with E-state index in [4.69, 9.17) is 9.15 Å². The Kier molecular flexibility index (Phi) is 3.18. The van der Waals surface area contributed by atoms with Gasteiger partial charge in [0.25, 0.3) is 5.91 Å². The molecule has 1 aliphatic heterocycles. The van der Waals surface area contributed by atoms with E-state index in [0.29, 0.717) is 24.0 Å². The molecule has 22 heavy (non-hydrogen) atoms. The van der Waals surface area contributed by atoms with Crippen molar-refractivity contribution in [2.45, 2.75) is 50.3 Å². The van der Waals surface area contributed by atoms with Crippen LogP contribution in [0.5, 0.6) is 0 Å². The van der Waals surface area contributed by atoms with E-state index in [1.807, 2.05) is 0 Å². The maximum Gasteiger partial charge on any atom is 0.273 e. The first-order valence-corrected chi connectivity index (χ1v) is 7.78. The number of ether oxygens (including phenoxy) is 1. The number of oxazole rings is 1. The quantitative estimate of drug-likeness (QED) is 0.848. The van der Waals surface area contributed by atoms with Crippen LogP contribution in [0, 0.1) is 5.92 Å². The highest BCUT2D eigenvalue weighted by Gasteiger charge is 2.55. The summed E-state index contributed by atoms with van der Waals surface area (Å²) in [6.45, 7) is 2.15. The highest BCUT2D eigenvalue weighted by molar-refractivity contribution is 5.94. The molecule has 3 aliphatic rings. The van der Waals surface area contributed by atoms with Crippen LogP contribution in [0.1, 0.15) is 48.4 Å². The van der Waals surface area contributed by atoms with E-state index in [-0.39, 0.29) is 35.9 Å². The normalized spacial score (nSPS) is 33.0. The molecule has 7 nitrogen and oxygen atoms in total. The summed E-state index contributed by atoms with van der Waals surface area (Å²) in [5.74, 6) is 0.946. The second-order valence-electron chi connectivity index (χ2n) is 6.35. The maximum atomic E-state index is 12.5. The molecule has 0 bridgehead atoms. The second-order valence-corrected chi connectivity index (χ2v) is 6.35. The summed E-state index contributed by atoms with van der Waals surface area (Å²) in [4.78, 5) is 27.9. The number of nitrogens with zero attached hydrogens (tertiary/aromatic N) is 1. The highest BCUT2D eigenvalue weighted by Crippen LogP contribution is 2.42. The van der Waals surface area contributed by atoms with Crippen LogP contribution in [0.25, 0.3) is 0 Å². The van der Waals surface area contributed by atoms with E-state index in [1.165, 1.54) is 13.3 Å². The zero-order valence-corrected chi connectivity index (χ0v) is 12.4. The van der Waals surface area contributed by atoms with Crippen molar-refractivity contribution in [3.05, 3.63) is 17.8 Å². The lowest BCUT2D eigenvalue weighted by Gasteiger charge is -2.47. The van der Waals surface area contributed by atoms with Gasteiger partial charge >= 0.3 is 0 Å². The Bertz CT molecular complexity index is 610. The van der Waals surface area contributed by atoms with Gasteiger partial charge in [0, 0.05) is 25.4 Å². The van der Waals surface area contributed by atoms with Crippen LogP contribution in [0.4, 0.5) is 0 Å². The molecule has 7 heteroatoms. The largest absolute Gasteiger partial charge is 0.447 e. The Hall–Kier alpha value is -1.89. The maximum absolute atomic E-state index is 12.5. The van der Waals surface area contributed by atoms with Crippen LogP contribution in [0.15, 0.2) is 10.8 Å². The molecule has 0 spiro atoms. The van der Waals surface area contributed by atoms with Gasteiger partial charge in [-0.15, -0.1) is 0 Å². The lowest BCUT2D eigenvalue weighted by atomic mass is 9.71. The van der Waals surface area contributed by atoms with Crippen molar-refractivity contribution in [3.63, 3.8) is 0 Å². The molecule has 1 aromatic heterocycles. The lowest BCUT2D eigenvalue weighted by molar-refractivity contribution is -0.123. The Labute approximate surface area is 127 Å². The minimum atomic E-state index is -0.221. The van der Waals surface area contributed by atoms with E-state index >= 15 is 0 Å². The Morgan fingerprint density at radius 2 is 2.05 bits per heavy atom. The number of nitrogens with one attached hydrogen (secondary N) is 2. The van der Waals surface area contributed by atoms with Gasteiger partial charge in [-0.05, 0) is 19.3 Å². The van der Waals surface area contributed by atoms with Gasteiger partial charge in [0.2, 0.25) is 5.91 Å². The predicted octanol–water partition coefficient (Wildman–Crippen LogP) is 0.574. The van der Waals surface area contributed by atoms with Gasteiger partial charge in [-0.2, -0.15) is 0 Å². The van der Waals surface area contributed by atoms with Crippen molar-refractivity contribution >= 4 is 11.8 Å². The van der Waals surface area contributed by atoms with Gasteiger partial charge in [0.15, 0.2) is 12.1 Å². The van der Waals surface area contributed by atoms with Gasteiger partial charge in [0.05, 0.1) is 18.2 Å². The third-order valence-electron chi connectivity index (χ3n) is 4.81. The van der Waals surface area contributed by atoms with Crippen LogP contribution in [-0.2, 0) is 9.53 Å². The molecule has 2 saturated carbocycles. The van der Waals surface area contributed by atoms with E-state index < -0.39 is 0 Å². The van der Waals surface area contributed by atoms with Crippen molar-refractivity contribution in [3.8, 4) is 0 Å². The molecule has 2 N–H and O–H groups in total. The van der Waals surface area contributed by atoms with Crippen LogP contribution in [0.3, 0.4) is 0 Å². The lowest BCUT2D eigenvalue weighted by Crippen LogP contribution is -2.70. The van der Waals surface area contributed by atoms with E-state index in [2.05, 4.69) is 15.6 Å². The van der Waals surface area contributed by atoms with Crippen LogP contribution < -0.4 is 10.6 Å². The first-order chi connectivity index (χ1) is 10.6. The smallest absolute Gasteiger partial charge is 0.273 e. The molecule has 1 saturated heterocycles. The Morgan fingerprint density at radius 1 is 1.23 bits per heavy atom. The fourth-order valence-corrected chi connectivity index (χ4v) is 3.59. The van der Waals surface area contributed by atoms with Crippen molar-refractivity contribution in [2.75, 3.05) is 6.61 Å². The minimum Gasteiger partial charge on any atom is -0.447 e. The Balaban J connectivity index is 1.48. The summed E-state index contributed by atoms with van der Waals surface area (Å²) in [6, 6.07) is -0.266. The van der Waals surface area contributed by atoms with Gasteiger partial charge in [-0.3, -0.25) is 9.59 Å². The molecule has 3 fully saturated rings. The molecule has 0 aromatic carbocycles. The summed E-state index contributed by atoms with van der Waals surface area (Å²) in [5.41, 5.74) is 0.381. The van der Waals surface area contributed by atoms with Crippen LogP contribution >= 0.6 is 0 Å². The SMILES string of the molecule is CC(=O)N[C@@H]1[C@@H](NC(=O)c2ncoc2C2CC2)[C@H]2CCO[C@H]21. The molecule has 2 amide bonds. The second kappa shape index (κ2) is 5.08. The van der Waals surface area contributed by atoms with E-state index in [9.17, 15) is 9.59 Å². The average molecular weight is 305 g/mol. The summed E-state index contributed by atoms with van der Waals surface area (Å²) in [7, 11) is 0. The number of carbonyl (C=O) groups is 2. The number of carbonyl (C=O) groups excluding carboxylic acids is 2. The molecule has 2 aliphatic carbocycles. The monoisotopic (exact) mass is 305 g/mol. The van der Waals surface area contributed by atoms with Gasteiger partial charge in [0.1, 0.15) is 5.76 Å². The van der Waals surface area contributed by atoms with Crippen LogP contribution in [0.2, 0.25) is 0 Å². The fraction of sp³-hybridized carbons (Fsp3) is 0.667. The fourth-order valence-electron chi connectivity index (χ4n) is 3.59. The molecule has 0 radical (unpaired) electrons. The standard InChI is InChI=1S/C15H19N3O4/c1-7(19)17-11-10(9-4-5-21-14(9)11)18-15(20)12-13(8-2-3-8)22-6-16-12/h6,8-11,14H,2-5H2,1H3,(H,17,19)(H,18,20)/t9-,10+,11-,14-/m1/s1. The summed E-state index contributed by atoms with van der Waals surface area (Å²) in [6.07, 6.45) is 4.34. The number of rotatable bonds is 4. The molecule has 118 valence electrons. The van der Waals surface area contributed by atoms with Crippen molar-refractivity contribution < 1.29 is 18.7 Å². The van der Waals surface area contributed by atoms with Gasteiger partial charge in [-0.1, -0.05) is 0 Å². The number of amides is 2. The molecule has 1 aromatic rings. The Morgan fingerprint density at radius 3 is 2.77 bits per heavy atom. The summed E-state index contributed by atoms with van der Waals surface area (Å²) >= 11 is 0. The van der Waals surface area contributed by atoms with Gasteiger partial charge in [-0.25, -0.2) is 4.98 Å². The third kappa shape index (κ3) is 2.20. The molecular weight excluding hydrogens is 286 g/mol. The first-order valence-electron chi connectivity index (χ1n) is 7.78. The van der Waals surface area contributed by atoms with Crippen LogP contribution in [-0.4, -0.2) is 41.6 Å². The molecule has 2 heterocycles. The number of hydrogen-bond donors (Lipinski definition) is 2. The van der Waals surface area contributed by atoms with E-state index in [0.717, 1.165) is 19.3 Å². The number of hydrogen-bond acceptors (Lipinski definition) is 5. The topological polar surface area (TPSA) is 93.5 Å². The average Bonchev–Trinajstić information content (AvgIpc) is 3.06. The summed E-state index contributed by atoms with van der Waals surface area (Å²) in [5, 5.41) is 5.89. The third-order valence-corrected chi connectivity index (χ3v) is 4.81. The summed E-state index contributed by atoms with van der Waals surface area (Å²) < 4.78 is 11.0. The zero-order valence-electron chi connectivity index (χ0n) is 12.4. The predicted molar refractivity (Wildman–Crippen MR) is 75.2 cm³/mol. The van der Waals surface area contributed by atoms with Crippen molar-refractivity contribution in [1.82, 2.24) is 15.6 Å². The van der Waals surface area contributed by atoms with Crippen molar-refractivity contribution in [2.24, 2.45) is 5.92 Å². The zero-order chi connectivity index (χ0) is 15.3. The first kappa shape index (κ1) is 13.8. The number of fused-ring (bicyclic) bond motifs is 1. The van der Waals surface area contributed by atoms with Gasteiger partial charge < -0.3 is 19.8 Å².